The van der Waals surface area contributed by atoms with E-state index in [9.17, 15) is 8.63 Å². The molecule has 6 nitrogen and oxygen atoms in total. The summed E-state index contributed by atoms with van der Waals surface area (Å²) in [5.74, 6) is 0.675. The number of hydrogen-bond donors (Lipinski definition) is 0. The number of halogens is 2. The molecule has 1 aliphatic rings. The van der Waals surface area contributed by atoms with Crippen LogP contribution >= 0.6 is 0 Å². The number of aromatic nitrogens is 1. The lowest BCUT2D eigenvalue weighted by molar-refractivity contribution is 0.0180. The van der Waals surface area contributed by atoms with E-state index in [0.717, 1.165) is 26.9 Å². The monoisotopic (exact) mass is 486 g/mol. The fourth-order valence-corrected chi connectivity index (χ4v) is 4.10. The fraction of sp³-hybridized carbons (Fsp3) is 0.423. The first-order chi connectivity index (χ1) is 16.8. The Balaban J connectivity index is 1.75. The molecule has 2 aromatic rings. The van der Waals surface area contributed by atoms with Crippen molar-refractivity contribution in [3.63, 3.8) is 0 Å². The van der Waals surface area contributed by atoms with Crippen LogP contribution in [0.3, 0.4) is 0 Å². The molecule has 9 heteroatoms. The molecule has 0 bridgehead atoms. The lowest BCUT2D eigenvalue weighted by atomic mass is 9.94. The van der Waals surface area contributed by atoms with Crippen LogP contribution in [0.2, 0.25) is 0 Å². The third kappa shape index (κ3) is 6.90. The Morgan fingerprint density at radius 2 is 1.54 bits per heavy atom. The largest absolute Gasteiger partial charge is 0.677 e. The summed E-state index contributed by atoms with van der Waals surface area (Å²) in [4.78, 5) is 4.68. The SMILES string of the molecule is COCCOCCOCCOc1ccc(/C(=C2/N=C(C)C=C2C)c2c(C)cc(C)n2B(F)F)cc1. The summed E-state index contributed by atoms with van der Waals surface area (Å²) in [7, 11) is -1.02. The zero-order valence-corrected chi connectivity index (χ0v) is 21.1. The van der Waals surface area contributed by atoms with E-state index < -0.39 is 7.40 Å². The van der Waals surface area contributed by atoms with Crippen LogP contribution in [0.4, 0.5) is 8.63 Å². The Hall–Kier alpha value is -2.75. The summed E-state index contributed by atoms with van der Waals surface area (Å²) < 4.78 is 50.7. The third-order valence-corrected chi connectivity index (χ3v) is 5.62. The highest BCUT2D eigenvalue weighted by Crippen LogP contribution is 2.37. The number of rotatable bonds is 13. The van der Waals surface area contributed by atoms with Crippen molar-refractivity contribution in [2.45, 2.75) is 27.7 Å². The zero-order valence-electron chi connectivity index (χ0n) is 21.1. The predicted octanol–water partition coefficient (Wildman–Crippen LogP) is 5.12. The average molecular weight is 486 g/mol. The molecule has 2 heterocycles. The van der Waals surface area contributed by atoms with Gasteiger partial charge in [0, 0.05) is 29.8 Å². The van der Waals surface area contributed by atoms with E-state index in [1.165, 1.54) is 0 Å². The van der Waals surface area contributed by atoms with Gasteiger partial charge in [-0.2, -0.15) is 0 Å². The van der Waals surface area contributed by atoms with Crippen molar-refractivity contribution in [1.29, 1.82) is 0 Å². The van der Waals surface area contributed by atoms with Gasteiger partial charge in [-0.25, -0.2) is 0 Å². The normalized spacial score (nSPS) is 14.7. The Kier molecular flexibility index (Phi) is 9.83. The number of ether oxygens (including phenoxy) is 4. The maximum atomic E-state index is 14.1. The van der Waals surface area contributed by atoms with E-state index in [-0.39, 0.29) is 0 Å². The third-order valence-electron chi connectivity index (χ3n) is 5.62. The topological polar surface area (TPSA) is 54.2 Å². The molecule has 0 unspecified atom stereocenters. The van der Waals surface area contributed by atoms with Crippen LogP contribution in [0.15, 0.2) is 52.7 Å². The van der Waals surface area contributed by atoms with Crippen molar-refractivity contribution >= 4 is 18.7 Å². The highest BCUT2D eigenvalue weighted by atomic mass is 19.2. The van der Waals surface area contributed by atoms with Gasteiger partial charge in [-0.05, 0) is 68.7 Å². The van der Waals surface area contributed by atoms with Crippen molar-refractivity contribution in [3.8, 4) is 5.75 Å². The number of nitrogens with zero attached hydrogens (tertiary/aromatic N) is 2. The van der Waals surface area contributed by atoms with Gasteiger partial charge in [-0.15, -0.1) is 0 Å². The predicted molar refractivity (Wildman–Crippen MR) is 136 cm³/mol. The van der Waals surface area contributed by atoms with Crippen LogP contribution in [0.25, 0.3) is 5.57 Å². The first kappa shape index (κ1) is 26.9. The molecule has 0 N–H and O–H groups in total. The minimum absolute atomic E-state index is 0.392. The minimum atomic E-state index is -2.65. The number of benzene rings is 1. The average Bonchev–Trinajstić information content (AvgIpc) is 3.30. The smallest absolute Gasteiger partial charge is 0.491 e. The summed E-state index contributed by atoms with van der Waals surface area (Å²) in [6.45, 7) is 10.3. The minimum Gasteiger partial charge on any atom is -0.491 e. The van der Waals surface area contributed by atoms with Crippen LogP contribution in [0.1, 0.15) is 36.4 Å². The standard InChI is InChI=1S/C26H33BF2N2O4/c1-18-16-20(3)30-25(18)24(26-19(2)17-21(4)31(26)27(28)29)22-6-8-23(9-7-22)35-15-14-34-13-12-33-11-10-32-5/h6-9,16-17H,10-15H2,1-5H3/b25-24-. The van der Waals surface area contributed by atoms with Gasteiger partial charge in [-0.1, -0.05) is 12.1 Å². The lowest BCUT2D eigenvalue weighted by Gasteiger charge is -2.17. The molecule has 1 aromatic carbocycles. The Morgan fingerprint density at radius 3 is 2.11 bits per heavy atom. The highest BCUT2D eigenvalue weighted by molar-refractivity contribution is 6.41. The van der Waals surface area contributed by atoms with Crippen LogP contribution in [0, 0.1) is 13.8 Å². The van der Waals surface area contributed by atoms with Gasteiger partial charge in [0.1, 0.15) is 12.4 Å². The molecule has 0 spiro atoms. The number of methoxy groups -OCH3 is 1. The second-order valence-electron chi connectivity index (χ2n) is 8.36. The van der Waals surface area contributed by atoms with Crippen molar-refractivity contribution in [2.75, 3.05) is 46.8 Å². The van der Waals surface area contributed by atoms with E-state index in [1.54, 1.807) is 20.1 Å². The molecule has 0 radical (unpaired) electrons. The second-order valence-corrected chi connectivity index (χ2v) is 8.36. The molecule has 0 amide bonds. The quantitative estimate of drug-likeness (QED) is 0.292. The van der Waals surface area contributed by atoms with Crippen LogP contribution in [-0.4, -0.2) is 64.3 Å². The summed E-state index contributed by atoms with van der Waals surface area (Å²) in [5.41, 5.74) is 5.75. The summed E-state index contributed by atoms with van der Waals surface area (Å²) in [6, 6.07) is 9.23. The number of hydrogen-bond acceptors (Lipinski definition) is 5. The van der Waals surface area contributed by atoms with Gasteiger partial charge in [0.25, 0.3) is 0 Å². The van der Waals surface area contributed by atoms with Crippen LogP contribution < -0.4 is 4.74 Å². The molecule has 3 rings (SSSR count). The first-order valence-electron chi connectivity index (χ1n) is 11.7. The molecule has 0 atom stereocenters. The Bertz CT molecular complexity index is 1090. The zero-order chi connectivity index (χ0) is 25.4. The molecular formula is C26H33BF2N2O4. The maximum Gasteiger partial charge on any atom is 0.677 e. The van der Waals surface area contributed by atoms with Gasteiger partial charge < -0.3 is 23.4 Å². The maximum absolute atomic E-state index is 14.1. The van der Waals surface area contributed by atoms with E-state index in [4.69, 9.17) is 18.9 Å². The molecule has 1 aliphatic heterocycles. The number of aliphatic imine (C=N–C) groups is 1. The van der Waals surface area contributed by atoms with Gasteiger partial charge in [0.15, 0.2) is 0 Å². The highest BCUT2D eigenvalue weighted by Gasteiger charge is 2.29. The van der Waals surface area contributed by atoms with Crippen LogP contribution in [0.5, 0.6) is 5.75 Å². The van der Waals surface area contributed by atoms with E-state index in [1.807, 2.05) is 51.1 Å². The van der Waals surface area contributed by atoms with Gasteiger partial charge in [0.05, 0.1) is 38.7 Å². The van der Waals surface area contributed by atoms with Gasteiger partial charge in [0.2, 0.25) is 0 Å². The summed E-state index contributed by atoms with van der Waals surface area (Å²) in [5, 5.41) is 0. The lowest BCUT2D eigenvalue weighted by Crippen LogP contribution is -2.18. The van der Waals surface area contributed by atoms with Gasteiger partial charge in [-0.3, -0.25) is 13.6 Å². The van der Waals surface area contributed by atoms with Crippen molar-refractivity contribution < 1.29 is 27.6 Å². The Labute approximate surface area is 206 Å². The molecule has 0 aliphatic carbocycles. The molecule has 1 aromatic heterocycles. The Morgan fingerprint density at radius 1 is 0.914 bits per heavy atom. The first-order valence-corrected chi connectivity index (χ1v) is 11.7. The number of allylic oxidation sites excluding steroid dienone is 2. The van der Waals surface area contributed by atoms with Crippen molar-refractivity contribution in [3.05, 3.63) is 70.2 Å². The molecule has 188 valence electrons. The summed E-state index contributed by atoms with van der Waals surface area (Å²) in [6.07, 6.45) is 1.97. The molecule has 0 saturated carbocycles. The van der Waals surface area contributed by atoms with Crippen LogP contribution in [-0.2, 0) is 14.2 Å². The molecule has 35 heavy (non-hydrogen) atoms. The molecular weight excluding hydrogens is 453 g/mol. The summed E-state index contributed by atoms with van der Waals surface area (Å²) >= 11 is 0. The van der Waals surface area contributed by atoms with Crippen molar-refractivity contribution in [2.24, 2.45) is 4.99 Å². The van der Waals surface area contributed by atoms with E-state index in [2.05, 4.69) is 4.99 Å². The molecule has 0 saturated heterocycles. The number of aryl methyl sites for hydroxylation is 2. The van der Waals surface area contributed by atoms with E-state index in [0.29, 0.717) is 68.0 Å². The second kappa shape index (κ2) is 12.8. The van der Waals surface area contributed by atoms with Gasteiger partial charge >= 0.3 is 7.40 Å². The molecule has 0 fully saturated rings. The van der Waals surface area contributed by atoms with E-state index >= 15 is 0 Å². The fourth-order valence-electron chi connectivity index (χ4n) is 4.10. The van der Waals surface area contributed by atoms with Crippen molar-refractivity contribution in [1.82, 2.24) is 4.48 Å².